The van der Waals surface area contributed by atoms with Crippen molar-refractivity contribution < 1.29 is 27.8 Å². The fraction of sp³-hybridized carbons (Fsp3) is 0.455. The van der Waals surface area contributed by atoms with E-state index in [4.69, 9.17) is 15.2 Å². The van der Waals surface area contributed by atoms with E-state index >= 15 is 0 Å². The highest BCUT2D eigenvalue weighted by Crippen LogP contribution is 2.26. The van der Waals surface area contributed by atoms with Gasteiger partial charge in [-0.2, -0.15) is 0 Å². The Labute approximate surface area is 195 Å². The molecule has 3 heterocycles. The van der Waals surface area contributed by atoms with E-state index < -0.39 is 41.3 Å². The largest absolute Gasteiger partial charge is 0.444 e. The highest BCUT2D eigenvalue weighted by Gasteiger charge is 2.30. The minimum atomic E-state index is -0.920. The van der Waals surface area contributed by atoms with Gasteiger partial charge in [0, 0.05) is 12.7 Å². The Kier molecular flexibility index (Phi) is 7.50. The Morgan fingerprint density at radius 2 is 1.91 bits per heavy atom. The zero-order chi connectivity index (χ0) is 25.0. The quantitative estimate of drug-likeness (QED) is 0.497. The summed E-state index contributed by atoms with van der Waals surface area (Å²) in [4.78, 5) is 32.2. The highest BCUT2D eigenvalue weighted by molar-refractivity contribution is 5.98. The van der Waals surface area contributed by atoms with Crippen LogP contribution in [0.3, 0.4) is 0 Å². The number of aryl methyl sites for hydroxylation is 1. The second-order valence-electron chi connectivity index (χ2n) is 8.86. The van der Waals surface area contributed by atoms with Crippen LogP contribution in [0.2, 0.25) is 0 Å². The average molecular weight is 479 g/mol. The first-order valence-electron chi connectivity index (χ1n) is 10.7. The van der Waals surface area contributed by atoms with Crippen molar-refractivity contribution in [2.45, 2.75) is 51.8 Å². The third-order valence-corrected chi connectivity index (χ3v) is 4.91. The van der Waals surface area contributed by atoms with Crippen LogP contribution in [-0.4, -0.2) is 52.9 Å². The van der Waals surface area contributed by atoms with Crippen molar-refractivity contribution in [3.05, 3.63) is 41.2 Å². The van der Waals surface area contributed by atoms with Gasteiger partial charge in [0.25, 0.3) is 5.91 Å². The normalized spacial score (nSPS) is 18.2. The molecular weight excluding hydrogens is 450 g/mol. The van der Waals surface area contributed by atoms with Gasteiger partial charge >= 0.3 is 6.09 Å². The fourth-order valence-corrected chi connectivity index (χ4v) is 3.27. The Morgan fingerprint density at radius 3 is 2.56 bits per heavy atom. The summed E-state index contributed by atoms with van der Waals surface area (Å²) >= 11 is 0. The molecule has 2 aromatic heterocycles. The molecule has 12 heteroatoms. The predicted octanol–water partition coefficient (Wildman–Crippen LogP) is 3.00. The lowest BCUT2D eigenvalue weighted by Crippen LogP contribution is -2.53. The van der Waals surface area contributed by atoms with Crippen LogP contribution in [0.5, 0.6) is 0 Å². The summed E-state index contributed by atoms with van der Waals surface area (Å²) in [7, 11) is 0. The number of rotatable bonds is 6. The minimum Gasteiger partial charge on any atom is -0.444 e. The molecule has 0 aromatic carbocycles. The van der Waals surface area contributed by atoms with Crippen molar-refractivity contribution in [3.8, 4) is 0 Å². The van der Waals surface area contributed by atoms with E-state index in [-0.39, 0.29) is 35.2 Å². The molecule has 2 atom stereocenters. The van der Waals surface area contributed by atoms with Gasteiger partial charge in [0.1, 0.15) is 17.2 Å². The fourth-order valence-electron chi connectivity index (χ4n) is 3.27. The summed E-state index contributed by atoms with van der Waals surface area (Å²) in [6.07, 6.45) is 1.15. The standard InChI is InChI=1S/C22H28F2N6O4/c1-11-14(23)7-12(9-26-11)27-19-13(18(25)31)8-15(24)20(30-19)28-16-5-6-33-10-17(16)29-21(32)34-22(2,3)4/h7-9,16-17H,5-6,10H2,1-4H3,(H2,25,31)(H,29,32)(H2,27,28,30)/t16-,17+/m1/s1. The number of alkyl carbamates (subject to hydrolysis) is 1. The molecule has 0 unspecified atom stereocenters. The van der Waals surface area contributed by atoms with Crippen molar-refractivity contribution in [1.82, 2.24) is 15.3 Å². The van der Waals surface area contributed by atoms with E-state index in [0.717, 1.165) is 6.07 Å². The molecule has 5 N–H and O–H groups in total. The number of nitrogens with two attached hydrogens (primary N) is 1. The van der Waals surface area contributed by atoms with Gasteiger partial charge in [-0.05, 0) is 40.2 Å². The first-order chi connectivity index (χ1) is 15.9. The molecule has 0 aliphatic carbocycles. The van der Waals surface area contributed by atoms with E-state index in [1.807, 2.05) is 0 Å². The molecule has 34 heavy (non-hydrogen) atoms. The molecule has 1 fully saturated rings. The molecule has 0 spiro atoms. The molecule has 0 bridgehead atoms. The molecule has 1 aliphatic rings. The number of primary amides is 1. The van der Waals surface area contributed by atoms with E-state index in [1.165, 1.54) is 19.2 Å². The average Bonchev–Trinajstić information content (AvgIpc) is 2.72. The molecule has 1 saturated heterocycles. The van der Waals surface area contributed by atoms with Gasteiger partial charge < -0.3 is 31.2 Å². The number of halogens is 2. The smallest absolute Gasteiger partial charge is 0.408 e. The maximum atomic E-state index is 14.8. The number of aromatic nitrogens is 2. The molecule has 0 radical (unpaired) electrons. The second-order valence-corrected chi connectivity index (χ2v) is 8.86. The third kappa shape index (κ3) is 6.50. The number of amides is 2. The Bertz CT molecular complexity index is 1080. The number of pyridine rings is 2. The van der Waals surface area contributed by atoms with E-state index in [2.05, 4.69) is 25.9 Å². The summed E-state index contributed by atoms with van der Waals surface area (Å²) in [5, 5.41) is 8.44. The molecule has 3 rings (SSSR count). The summed E-state index contributed by atoms with van der Waals surface area (Å²) < 4.78 is 39.5. The molecule has 10 nitrogen and oxygen atoms in total. The maximum absolute atomic E-state index is 14.8. The molecular formula is C22H28F2N6O4. The van der Waals surface area contributed by atoms with Gasteiger partial charge in [-0.25, -0.2) is 18.6 Å². The van der Waals surface area contributed by atoms with Gasteiger partial charge in [-0.15, -0.1) is 0 Å². The van der Waals surface area contributed by atoms with Crippen molar-refractivity contribution in [2.24, 2.45) is 5.73 Å². The number of hydrogen-bond donors (Lipinski definition) is 4. The Balaban J connectivity index is 1.84. The Hall–Kier alpha value is -3.54. The molecule has 2 aromatic rings. The number of nitrogens with zero attached hydrogens (tertiary/aromatic N) is 2. The van der Waals surface area contributed by atoms with Crippen molar-refractivity contribution in [2.75, 3.05) is 23.8 Å². The number of hydrogen-bond acceptors (Lipinski definition) is 8. The highest BCUT2D eigenvalue weighted by atomic mass is 19.1. The number of carbonyl (C=O) groups is 2. The van der Waals surface area contributed by atoms with Gasteiger partial charge in [0.15, 0.2) is 11.6 Å². The SMILES string of the molecule is Cc1ncc(Nc2nc(N[C@@H]3CCOC[C@@H]3NC(=O)OC(C)(C)C)c(F)cc2C(N)=O)cc1F. The lowest BCUT2D eigenvalue weighted by molar-refractivity contribution is 0.0317. The van der Waals surface area contributed by atoms with Crippen LogP contribution in [-0.2, 0) is 9.47 Å². The molecule has 1 aliphatic heterocycles. The van der Waals surface area contributed by atoms with Gasteiger partial charge in [-0.1, -0.05) is 0 Å². The van der Waals surface area contributed by atoms with Gasteiger partial charge in [0.05, 0.1) is 41.8 Å². The minimum absolute atomic E-state index is 0.0786. The maximum Gasteiger partial charge on any atom is 0.408 e. The lowest BCUT2D eigenvalue weighted by Gasteiger charge is -2.33. The van der Waals surface area contributed by atoms with Crippen molar-refractivity contribution >= 4 is 29.3 Å². The van der Waals surface area contributed by atoms with E-state index in [1.54, 1.807) is 20.8 Å². The van der Waals surface area contributed by atoms with Gasteiger partial charge in [-0.3, -0.25) is 9.78 Å². The first kappa shape index (κ1) is 25.1. The van der Waals surface area contributed by atoms with Crippen LogP contribution < -0.4 is 21.7 Å². The zero-order valence-corrected chi connectivity index (χ0v) is 19.4. The third-order valence-electron chi connectivity index (χ3n) is 4.91. The Morgan fingerprint density at radius 1 is 1.18 bits per heavy atom. The van der Waals surface area contributed by atoms with Crippen LogP contribution >= 0.6 is 0 Å². The predicted molar refractivity (Wildman–Crippen MR) is 121 cm³/mol. The van der Waals surface area contributed by atoms with Crippen LogP contribution in [0, 0.1) is 18.6 Å². The number of carbonyl (C=O) groups excluding carboxylic acids is 2. The number of nitrogens with one attached hydrogen (secondary N) is 3. The van der Waals surface area contributed by atoms with E-state index in [0.29, 0.717) is 13.0 Å². The van der Waals surface area contributed by atoms with Crippen LogP contribution in [0.1, 0.15) is 43.2 Å². The van der Waals surface area contributed by atoms with Crippen LogP contribution in [0.25, 0.3) is 0 Å². The summed E-state index contributed by atoms with van der Waals surface area (Å²) in [6.45, 7) is 7.28. The lowest BCUT2D eigenvalue weighted by atomic mass is 10.0. The van der Waals surface area contributed by atoms with Crippen molar-refractivity contribution in [1.29, 1.82) is 0 Å². The molecule has 184 valence electrons. The second kappa shape index (κ2) is 10.2. The summed E-state index contributed by atoms with van der Waals surface area (Å²) in [6, 6.07) is 1.12. The first-order valence-corrected chi connectivity index (χ1v) is 10.7. The molecule has 0 saturated carbocycles. The molecule has 2 amide bonds. The number of ether oxygens (including phenoxy) is 2. The topological polar surface area (TPSA) is 140 Å². The summed E-state index contributed by atoms with van der Waals surface area (Å²) in [5.74, 6) is -2.57. The zero-order valence-electron chi connectivity index (χ0n) is 19.4. The van der Waals surface area contributed by atoms with Crippen LogP contribution in [0.4, 0.5) is 30.9 Å². The van der Waals surface area contributed by atoms with E-state index in [9.17, 15) is 18.4 Å². The summed E-state index contributed by atoms with van der Waals surface area (Å²) in [5.41, 5.74) is 4.86. The number of anilines is 3. The van der Waals surface area contributed by atoms with Crippen molar-refractivity contribution in [3.63, 3.8) is 0 Å². The monoisotopic (exact) mass is 478 g/mol. The van der Waals surface area contributed by atoms with Gasteiger partial charge in [0.2, 0.25) is 0 Å². The van der Waals surface area contributed by atoms with Crippen LogP contribution in [0.15, 0.2) is 18.3 Å².